The molecule has 1 unspecified atom stereocenters. The fourth-order valence-corrected chi connectivity index (χ4v) is 2.39. The summed E-state index contributed by atoms with van der Waals surface area (Å²) in [4.78, 5) is -0.247. The van der Waals surface area contributed by atoms with Gasteiger partial charge in [-0.25, -0.2) is 8.78 Å². The number of para-hydroxylation sites is 1. The molecule has 4 heteroatoms. The molecule has 18 heavy (non-hydrogen) atoms. The zero-order chi connectivity index (χ0) is 13.1. The lowest BCUT2D eigenvalue weighted by molar-refractivity contribution is 0.410. The molecule has 1 atom stereocenters. The molecule has 2 aromatic carbocycles. The Labute approximate surface area is 113 Å². The van der Waals surface area contributed by atoms with Crippen LogP contribution in [0.5, 0.6) is 5.75 Å². The fraction of sp³-hybridized carbons (Fsp3) is 0.143. The van der Waals surface area contributed by atoms with Crippen LogP contribution in [0, 0.1) is 11.6 Å². The molecule has 0 saturated heterocycles. The lowest BCUT2D eigenvalue weighted by Crippen LogP contribution is -1.98. The van der Waals surface area contributed by atoms with Crippen LogP contribution >= 0.6 is 15.9 Å². The smallest absolute Gasteiger partial charge is 0.159 e. The molecule has 2 aromatic rings. The second-order valence-electron chi connectivity index (χ2n) is 3.78. The molecule has 0 aliphatic carbocycles. The van der Waals surface area contributed by atoms with Crippen molar-refractivity contribution in [2.24, 2.45) is 0 Å². The van der Waals surface area contributed by atoms with E-state index < -0.39 is 11.6 Å². The van der Waals surface area contributed by atoms with Gasteiger partial charge >= 0.3 is 0 Å². The molecule has 1 nitrogen and oxygen atoms in total. The van der Waals surface area contributed by atoms with Crippen LogP contribution < -0.4 is 4.74 Å². The predicted octanol–water partition coefficient (Wildman–Crippen LogP) is 4.46. The monoisotopic (exact) mass is 312 g/mol. The van der Waals surface area contributed by atoms with E-state index in [1.807, 2.05) is 24.3 Å². The van der Waals surface area contributed by atoms with E-state index in [-0.39, 0.29) is 4.83 Å². The van der Waals surface area contributed by atoms with Gasteiger partial charge in [0, 0.05) is 5.56 Å². The summed E-state index contributed by atoms with van der Waals surface area (Å²) in [5.74, 6) is -1.01. The first-order valence-electron chi connectivity index (χ1n) is 5.35. The maximum Gasteiger partial charge on any atom is 0.159 e. The fourth-order valence-electron chi connectivity index (χ4n) is 1.73. The van der Waals surface area contributed by atoms with Crippen molar-refractivity contribution in [3.8, 4) is 5.75 Å². The van der Waals surface area contributed by atoms with Gasteiger partial charge in [0.25, 0.3) is 0 Å². The molecule has 0 radical (unpaired) electrons. The summed E-state index contributed by atoms with van der Waals surface area (Å²) in [5, 5.41) is 0. The summed E-state index contributed by atoms with van der Waals surface area (Å²) in [5.41, 5.74) is 1.50. The Morgan fingerprint density at radius 2 is 1.78 bits per heavy atom. The number of rotatable bonds is 3. The van der Waals surface area contributed by atoms with Gasteiger partial charge in [-0.05, 0) is 23.8 Å². The number of halogens is 3. The van der Waals surface area contributed by atoms with Gasteiger partial charge in [-0.2, -0.15) is 0 Å². The highest BCUT2D eigenvalue weighted by Gasteiger charge is 2.16. The number of alkyl halides is 1. The Morgan fingerprint density at radius 1 is 1.06 bits per heavy atom. The summed E-state index contributed by atoms with van der Waals surface area (Å²) in [6.07, 6.45) is 0. The number of methoxy groups -OCH3 is 1. The minimum Gasteiger partial charge on any atom is -0.496 e. The third kappa shape index (κ3) is 2.53. The second-order valence-corrected chi connectivity index (χ2v) is 4.69. The van der Waals surface area contributed by atoms with E-state index in [2.05, 4.69) is 15.9 Å². The van der Waals surface area contributed by atoms with Crippen molar-refractivity contribution in [1.29, 1.82) is 0 Å². The van der Waals surface area contributed by atoms with Gasteiger partial charge in [-0.3, -0.25) is 0 Å². The molecule has 0 aliphatic rings. The summed E-state index contributed by atoms with van der Waals surface area (Å²) in [6.45, 7) is 0. The van der Waals surface area contributed by atoms with E-state index in [1.165, 1.54) is 6.07 Å². The van der Waals surface area contributed by atoms with E-state index in [0.717, 1.165) is 11.6 Å². The molecular weight excluding hydrogens is 302 g/mol. The first kappa shape index (κ1) is 13.0. The summed E-state index contributed by atoms with van der Waals surface area (Å²) in [7, 11) is 1.57. The van der Waals surface area contributed by atoms with Crippen LogP contribution in [0.1, 0.15) is 16.0 Å². The number of hydrogen-bond acceptors (Lipinski definition) is 1. The highest BCUT2D eigenvalue weighted by atomic mass is 79.9. The first-order chi connectivity index (χ1) is 8.63. The van der Waals surface area contributed by atoms with E-state index in [4.69, 9.17) is 4.74 Å². The van der Waals surface area contributed by atoms with Gasteiger partial charge in [-0.1, -0.05) is 40.2 Å². The van der Waals surface area contributed by atoms with Crippen molar-refractivity contribution < 1.29 is 13.5 Å². The zero-order valence-electron chi connectivity index (χ0n) is 9.66. The van der Waals surface area contributed by atoms with E-state index in [0.29, 0.717) is 11.3 Å². The average molecular weight is 313 g/mol. The maximum absolute atomic E-state index is 13.2. The third-order valence-corrected chi connectivity index (χ3v) is 3.67. The molecule has 0 saturated carbocycles. The predicted molar refractivity (Wildman–Crippen MR) is 70.1 cm³/mol. The van der Waals surface area contributed by atoms with Crippen LogP contribution in [0.4, 0.5) is 8.78 Å². The normalized spacial score (nSPS) is 12.2. The maximum atomic E-state index is 13.2. The summed E-state index contributed by atoms with van der Waals surface area (Å²) < 4.78 is 31.3. The van der Waals surface area contributed by atoms with Crippen molar-refractivity contribution in [3.63, 3.8) is 0 Å². The summed E-state index contributed by atoms with van der Waals surface area (Å²) in [6, 6.07) is 11.3. The number of hydrogen-bond donors (Lipinski definition) is 0. The second kappa shape index (κ2) is 5.48. The molecule has 0 N–H and O–H groups in total. The van der Waals surface area contributed by atoms with Crippen molar-refractivity contribution in [2.45, 2.75) is 4.83 Å². The van der Waals surface area contributed by atoms with Crippen molar-refractivity contribution in [3.05, 3.63) is 65.2 Å². The van der Waals surface area contributed by atoms with E-state index in [9.17, 15) is 8.78 Å². The Hall–Kier alpha value is -1.42. The Bertz CT molecular complexity index is 557. The lowest BCUT2D eigenvalue weighted by Gasteiger charge is -2.14. The standard InChI is InChI=1S/C14H11BrF2O/c1-18-13-5-3-2-4-10(13)14(15)9-6-7-11(16)12(17)8-9/h2-8,14H,1H3. The minimum absolute atomic E-state index is 0.247. The molecule has 0 bridgehead atoms. The number of ether oxygens (including phenoxy) is 1. The highest BCUT2D eigenvalue weighted by molar-refractivity contribution is 9.09. The third-order valence-electron chi connectivity index (χ3n) is 2.65. The van der Waals surface area contributed by atoms with Gasteiger partial charge in [-0.15, -0.1) is 0 Å². The van der Waals surface area contributed by atoms with Crippen LogP contribution in [0.2, 0.25) is 0 Å². The van der Waals surface area contributed by atoms with E-state index >= 15 is 0 Å². The van der Waals surface area contributed by atoms with Gasteiger partial charge < -0.3 is 4.74 Å². The molecule has 2 rings (SSSR count). The van der Waals surface area contributed by atoms with Crippen LogP contribution in [0.25, 0.3) is 0 Å². The van der Waals surface area contributed by atoms with Gasteiger partial charge in [0.1, 0.15) is 5.75 Å². The zero-order valence-corrected chi connectivity index (χ0v) is 11.2. The minimum atomic E-state index is -0.855. The molecule has 0 spiro atoms. The Morgan fingerprint density at radius 3 is 2.44 bits per heavy atom. The quantitative estimate of drug-likeness (QED) is 0.760. The molecule has 0 aliphatic heterocycles. The van der Waals surface area contributed by atoms with Crippen LogP contribution in [0.15, 0.2) is 42.5 Å². The number of benzene rings is 2. The largest absolute Gasteiger partial charge is 0.496 e. The van der Waals surface area contributed by atoms with Crippen LogP contribution in [0.3, 0.4) is 0 Å². The SMILES string of the molecule is COc1ccccc1C(Br)c1ccc(F)c(F)c1. The van der Waals surface area contributed by atoms with Crippen LogP contribution in [-0.4, -0.2) is 7.11 Å². The van der Waals surface area contributed by atoms with Crippen LogP contribution in [-0.2, 0) is 0 Å². The molecule has 0 amide bonds. The van der Waals surface area contributed by atoms with Gasteiger partial charge in [0.2, 0.25) is 0 Å². The molecule has 0 heterocycles. The molecule has 0 fully saturated rings. The molecule has 0 aromatic heterocycles. The average Bonchev–Trinajstić information content (AvgIpc) is 2.41. The first-order valence-corrected chi connectivity index (χ1v) is 6.27. The highest BCUT2D eigenvalue weighted by Crippen LogP contribution is 2.36. The van der Waals surface area contributed by atoms with Gasteiger partial charge in [0.05, 0.1) is 11.9 Å². The molecular formula is C14H11BrF2O. The van der Waals surface area contributed by atoms with Crippen molar-refractivity contribution >= 4 is 15.9 Å². The van der Waals surface area contributed by atoms with Crippen molar-refractivity contribution in [2.75, 3.05) is 7.11 Å². The topological polar surface area (TPSA) is 9.23 Å². The summed E-state index contributed by atoms with van der Waals surface area (Å²) >= 11 is 3.48. The molecule has 94 valence electrons. The van der Waals surface area contributed by atoms with E-state index in [1.54, 1.807) is 13.2 Å². The Kier molecular flexibility index (Phi) is 3.97. The van der Waals surface area contributed by atoms with Gasteiger partial charge in [0.15, 0.2) is 11.6 Å². The Balaban J connectivity index is 2.41. The lowest BCUT2D eigenvalue weighted by atomic mass is 10.0. The van der Waals surface area contributed by atoms with Crippen molar-refractivity contribution in [1.82, 2.24) is 0 Å².